The fourth-order valence-electron chi connectivity index (χ4n) is 1.52. The van der Waals surface area contributed by atoms with Crippen LogP contribution in [-0.2, 0) is 19.6 Å². The van der Waals surface area contributed by atoms with Gasteiger partial charge in [-0.2, -0.15) is 0 Å². The van der Waals surface area contributed by atoms with Crippen LogP contribution < -0.4 is 10.0 Å². The fourth-order valence-corrected chi connectivity index (χ4v) is 2.51. The lowest BCUT2D eigenvalue weighted by Crippen LogP contribution is -2.22. The Kier molecular flexibility index (Phi) is 5.67. The predicted octanol–water partition coefficient (Wildman–Crippen LogP) is 1.27. The Bertz CT molecular complexity index is 582. The van der Waals surface area contributed by atoms with Gasteiger partial charge in [-0.1, -0.05) is 6.07 Å². The van der Waals surface area contributed by atoms with Crippen LogP contribution >= 0.6 is 0 Å². The molecule has 0 aliphatic carbocycles. The number of carbonyl (C=O) groups is 1. The van der Waals surface area contributed by atoms with Crippen molar-refractivity contribution < 1.29 is 17.9 Å². The largest absolute Gasteiger partial charge is 0.369 e. The molecule has 0 aliphatic heterocycles. The third-order valence-electron chi connectivity index (χ3n) is 2.58. The number of nitrogens with one attached hydrogen (secondary N) is 2. The molecule has 7 heteroatoms. The van der Waals surface area contributed by atoms with Crippen LogP contribution in [-0.4, -0.2) is 34.1 Å². The maximum absolute atomic E-state index is 11.8. The Morgan fingerprint density at radius 1 is 1.35 bits per heavy atom. The predicted molar refractivity (Wildman–Crippen MR) is 77.1 cm³/mol. The first-order chi connectivity index (χ1) is 9.26. The van der Waals surface area contributed by atoms with Crippen molar-refractivity contribution in [1.82, 2.24) is 4.72 Å². The molecule has 0 aliphatic rings. The topological polar surface area (TPSA) is 84.5 Å². The number of sulfonamides is 1. The smallest absolute Gasteiger partial charge is 0.250 e. The standard InChI is InChI=1S/C13H20N2O4S/c1-9(2)19-8-13(16)15-11-6-5-10(3)12(7-11)20(17,18)14-4/h5-7,9,14H,8H2,1-4H3,(H,15,16). The van der Waals surface area contributed by atoms with Gasteiger partial charge in [0, 0.05) is 5.69 Å². The molecule has 0 atom stereocenters. The van der Waals surface area contributed by atoms with E-state index in [2.05, 4.69) is 10.0 Å². The average molecular weight is 300 g/mol. The molecule has 0 unspecified atom stereocenters. The molecule has 0 bridgehead atoms. The van der Waals surface area contributed by atoms with E-state index in [0.717, 1.165) is 0 Å². The zero-order chi connectivity index (χ0) is 15.3. The number of hydrogen-bond acceptors (Lipinski definition) is 4. The second kappa shape index (κ2) is 6.83. The summed E-state index contributed by atoms with van der Waals surface area (Å²) >= 11 is 0. The number of carbonyl (C=O) groups excluding carboxylic acids is 1. The first kappa shape index (κ1) is 16.6. The first-order valence-electron chi connectivity index (χ1n) is 6.22. The summed E-state index contributed by atoms with van der Waals surface area (Å²) in [4.78, 5) is 11.8. The number of hydrogen-bond donors (Lipinski definition) is 2. The van der Waals surface area contributed by atoms with Gasteiger partial charge in [0.15, 0.2) is 0 Å². The summed E-state index contributed by atoms with van der Waals surface area (Å²) in [5, 5.41) is 2.60. The van der Waals surface area contributed by atoms with E-state index in [1.807, 2.05) is 13.8 Å². The normalized spacial score (nSPS) is 11.7. The van der Waals surface area contributed by atoms with E-state index >= 15 is 0 Å². The fraction of sp³-hybridized carbons (Fsp3) is 0.462. The van der Waals surface area contributed by atoms with Crippen LogP contribution in [0.1, 0.15) is 19.4 Å². The molecule has 0 spiro atoms. The molecule has 0 fully saturated rings. The van der Waals surface area contributed by atoms with E-state index < -0.39 is 10.0 Å². The third-order valence-corrected chi connectivity index (χ3v) is 4.13. The van der Waals surface area contributed by atoms with E-state index in [1.165, 1.54) is 13.1 Å². The summed E-state index contributed by atoms with van der Waals surface area (Å²) in [6, 6.07) is 4.72. The molecule has 0 saturated carbocycles. The Morgan fingerprint density at radius 3 is 2.55 bits per heavy atom. The zero-order valence-corrected chi connectivity index (χ0v) is 12.9. The Labute approximate surface area is 119 Å². The number of amides is 1. The maximum atomic E-state index is 11.8. The van der Waals surface area contributed by atoms with Crippen molar-refractivity contribution in [2.45, 2.75) is 31.8 Å². The summed E-state index contributed by atoms with van der Waals surface area (Å²) in [5.74, 6) is -0.324. The molecule has 2 N–H and O–H groups in total. The third kappa shape index (κ3) is 4.59. The molecule has 1 aromatic rings. The van der Waals surface area contributed by atoms with Crippen molar-refractivity contribution in [2.75, 3.05) is 19.0 Å². The van der Waals surface area contributed by atoms with Crippen molar-refractivity contribution in [3.8, 4) is 0 Å². The van der Waals surface area contributed by atoms with Crippen LogP contribution in [0.15, 0.2) is 23.1 Å². The number of aryl methyl sites for hydroxylation is 1. The molecule has 0 aromatic heterocycles. The van der Waals surface area contributed by atoms with Crippen LogP contribution in [0.4, 0.5) is 5.69 Å². The Morgan fingerprint density at radius 2 is 2.00 bits per heavy atom. The number of anilines is 1. The maximum Gasteiger partial charge on any atom is 0.250 e. The lowest BCUT2D eigenvalue weighted by Gasteiger charge is -2.11. The molecule has 6 nitrogen and oxygen atoms in total. The van der Waals surface area contributed by atoms with Crippen LogP contribution in [0.2, 0.25) is 0 Å². The molecular formula is C13H20N2O4S. The summed E-state index contributed by atoms with van der Waals surface area (Å²) in [6.07, 6.45) is -0.0426. The summed E-state index contributed by atoms with van der Waals surface area (Å²) in [5.41, 5.74) is 1.03. The summed E-state index contributed by atoms with van der Waals surface area (Å²) in [6.45, 7) is 5.28. The SMILES string of the molecule is CNS(=O)(=O)c1cc(NC(=O)COC(C)C)ccc1C. The van der Waals surface area contributed by atoms with Gasteiger partial charge < -0.3 is 10.1 Å². The number of rotatable bonds is 6. The lowest BCUT2D eigenvalue weighted by atomic mass is 10.2. The highest BCUT2D eigenvalue weighted by Gasteiger charge is 2.15. The molecule has 112 valence electrons. The monoisotopic (exact) mass is 300 g/mol. The van der Waals surface area contributed by atoms with Crippen molar-refractivity contribution >= 4 is 21.6 Å². The van der Waals surface area contributed by atoms with Gasteiger partial charge in [0.25, 0.3) is 0 Å². The quantitative estimate of drug-likeness (QED) is 0.828. The second-order valence-corrected chi connectivity index (χ2v) is 6.45. The van der Waals surface area contributed by atoms with Crippen molar-refractivity contribution in [3.63, 3.8) is 0 Å². The van der Waals surface area contributed by atoms with Gasteiger partial charge >= 0.3 is 0 Å². The number of ether oxygens (including phenoxy) is 1. The van der Waals surface area contributed by atoms with E-state index in [1.54, 1.807) is 19.1 Å². The van der Waals surface area contributed by atoms with Gasteiger partial charge in [-0.3, -0.25) is 4.79 Å². The summed E-state index contributed by atoms with van der Waals surface area (Å²) in [7, 11) is -2.20. The van der Waals surface area contributed by atoms with E-state index in [-0.39, 0.29) is 23.5 Å². The highest BCUT2D eigenvalue weighted by atomic mass is 32.2. The highest BCUT2D eigenvalue weighted by Crippen LogP contribution is 2.19. The van der Waals surface area contributed by atoms with Crippen molar-refractivity contribution in [2.24, 2.45) is 0 Å². The van der Waals surface area contributed by atoms with Crippen LogP contribution in [0, 0.1) is 6.92 Å². The van der Waals surface area contributed by atoms with Gasteiger partial charge in [-0.25, -0.2) is 13.1 Å². The molecule has 0 heterocycles. The van der Waals surface area contributed by atoms with Gasteiger partial charge in [0.05, 0.1) is 11.0 Å². The van der Waals surface area contributed by atoms with Crippen LogP contribution in [0.5, 0.6) is 0 Å². The molecule has 0 saturated heterocycles. The van der Waals surface area contributed by atoms with Crippen LogP contribution in [0.25, 0.3) is 0 Å². The first-order valence-corrected chi connectivity index (χ1v) is 7.70. The van der Waals surface area contributed by atoms with Crippen molar-refractivity contribution in [3.05, 3.63) is 23.8 Å². The minimum absolute atomic E-state index is 0.0426. The minimum atomic E-state index is -3.55. The molecule has 20 heavy (non-hydrogen) atoms. The van der Waals surface area contributed by atoms with Gasteiger partial charge in [-0.15, -0.1) is 0 Å². The minimum Gasteiger partial charge on any atom is -0.369 e. The van der Waals surface area contributed by atoms with Gasteiger partial charge in [-0.05, 0) is 45.5 Å². The Balaban J connectivity index is 2.89. The van der Waals surface area contributed by atoms with Gasteiger partial charge in [0.1, 0.15) is 6.61 Å². The number of benzene rings is 1. The van der Waals surface area contributed by atoms with E-state index in [4.69, 9.17) is 4.74 Å². The van der Waals surface area contributed by atoms with E-state index in [9.17, 15) is 13.2 Å². The van der Waals surface area contributed by atoms with Gasteiger partial charge in [0.2, 0.25) is 15.9 Å². The van der Waals surface area contributed by atoms with E-state index in [0.29, 0.717) is 11.3 Å². The summed E-state index contributed by atoms with van der Waals surface area (Å²) < 4.78 is 31.1. The average Bonchev–Trinajstić information content (AvgIpc) is 2.38. The Hall–Kier alpha value is -1.44. The second-order valence-electron chi connectivity index (χ2n) is 4.60. The molecule has 0 radical (unpaired) electrons. The molecule has 1 amide bonds. The highest BCUT2D eigenvalue weighted by molar-refractivity contribution is 7.89. The van der Waals surface area contributed by atoms with Crippen LogP contribution in [0.3, 0.4) is 0 Å². The molecule has 1 rings (SSSR count). The van der Waals surface area contributed by atoms with Crippen molar-refractivity contribution in [1.29, 1.82) is 0 Å². The lowest BCUT2D eigenvalue weighted by molar-refractivity contribution is -0.121. The zero-order valence-electron chi connectivity index (χ0n) is 12.1. The molecular weight excluding hydrogens is 280 g/mol. The molecule has 1 aromatic carbocycles.